The number of halogens is 1. The summed E-state index contributed by atoms with van der Waals surface area (Å²) in [7, 11) is -2.69. The molecule has 0 bridgehead atoms. The fourth-order valence-corrected chi connectivity index (χ4v) is 4.83. The van der Waals surface area contributed by atoms with Gasteiger partial charge in [0.05, 0.1) is 17.8 Å². The van der Waals surface area contributed by atoms with Gasteiger partial charge in [0.1, 0.15) is 16.4 Å². The summed E-state index contributed by atoms with van der Waals surface area (Å²) in [6.45, 7) is -0.246. The molecule has 0 radical (unpaired) electrons. The number of carbonyl (C=O) groups excluding carboxylic acids is 1. The number of amides is 1. The molecule has 4 aromatic carbocycles. The van der Waals surface area contributed by atoms with Crippen LogP contribution in [-0.2, 0) is 14.8 Å². The maximum absolute atomic E-state index is 13.0. The number of hydrogen-bond donors (Lipinski definition) is 2. The first-order chi connectivity index (χ1) is 16.4. The number of fused-ring (bicyclic) bond motifs is 1. The Balaban J connectivity index is 1.48. The van der Waals surface area contributed by atoms with Crippen molar-refractivity contribution in [3.8, 4) is 11.5 Å². The zero-order valence-electron chi connectivity index (χ0n) is 18.1. The Kier molecular flexibility index (Phi) is 6.90. The summed E-state index contributed by atoms with van der Waals surface area (Å²) in [6, 6.07) is 24.1. The predicted octanol–water partition coefficient (Wildman–Crippen LogP) is 5.32. The Morgan fingerprint density at radius 3 is 2.41 bits per heavy atom. The number of carbonyl (C=O) groups is 1. The fourth-order valence-electron chi connectivity index (χ4n) is 3.31. The molecule has 0 fully saturated rings. The molecule has 0 aliphatic heterocycles. The predicted molar refractivity (Wildman–Crippen MR) is 133 cm³/mol. The van der Waals surface area contributed by atoms with Crippen LogP contribution in [0, 0.1) is 0 Å². The van der Waals surface area contributed by atoms with E-state index in [0.717, 1.165) is 10.8 Å². The van der Waals surface area contributed by atoms with Crippen LogP contribution in [0.2, 0.25) is 5.02 Å². The number of hydrogen-bond acceptors (Lipinski definition) is 5. The number of methoxy groups -OCH3 is 1. The molecular formula is C25H21ClN2O5S. The molecule has 0 heterocycles. The molecule has 0 spiro atoms. The normalized spacial score (nSPS) is 11.1. The molecule has 2 N–H and O–H groups in total. The topological polar surface area (TPSA) is 93.7 Å². The lowest BCUT2D eigenvalue weighted by Gasteiger charge is -2.14. The minimum absolute atomic E-state index is 0.116. The molecule has 174 valence electrons. The second-order valence-corrected chi connectivity index (χ2v) is 9.35. The summed E-state index contributed by atoms with van der Waals surface area (Å²) in [4.78, 5) is 12.3. The van der Waals surface area contributed by atoms with Gasteiger partial charge in [-0.15, -0.1) is 0 Å². The Bertz CT molecular complexity index is 1460. The Labute approximate surface area is 202 Å². The summed E-state index contributed by atoms with van der Waals surface area (Å²) in [5, 5.41) is 4.96. The number of anilines is 2. The maximum atomic E-state index is 13.0. The van der Waals surface area contributed by atoms with Gasteiger partial charge in [0.15, 0.2) is 6.61 Å². The van der Waals surface area contributed by atoms with Crippen LogP contribution in [0.1, 0.15) is 0 Å². The Morgan fingerprint density at radius 1 is 0.912 bits per heavy atom. The number of para-hydroxylation sites is 1. The van der Waals surface area contributed by atoms with Crippen molar-refractivity contribution in [3.63, 3.8) is 0 Å². The molecule has 34 heavy (non-hydrogen) atoms. The molecule has 0 atom stereocenters. The summed E-state index contributed by atoms with van der Waals surface area (Å²) < 4.78 is 39.3. The van der Waals surface area contributed by atoms with Crippen LogP contribution in [0.5, 0.6) is 11.5 Å². The lowest BCUT2D eigenvalue weighted by molar-refractivity contribution is -0.118. The van der Waals surface area contributed by atoms with Crippen molar-refractivity contribution in [1.29, 1.82) is 0 Å². The van der Waals surface area contributed by atoms with Crippen LogP contribution in [-0.4, -0.2) is 28.0 Å². The summed E-state index contributed by atoms with van der Waals surface area (Å²) in [5.41, 5.74) is 0.497. The quantitative estimate of drug-likeness (QED) is 0.344. The Morgan fingerprint density at radius 2 is 1.65 bits per heavy atom. The van der Waals surface area contributed by atoms with Gasteiger partial charge in [0, 0.05) is 5.69 Å². The van der Waals surface area contributed by atoms with E-state index in [1.165, 1.54) is 19.2 Å². The molecule has 9 heteroatoms. The minimum atomic E-state index is -4.05. The van der Waals surface area contributed by atoms with Gasteiger partial charge in [-0.1, -0.05) is 54.1 Å². The third kappa shape index (κ3) is 5.41. The van der Waals surface area contributed by atoms with E-state index in [2.05, 4.69) is 10.0 Å². The van der Waals surface area contributed by atoms with Crippen LogP contribution in [0.3, 0.4) is 0 Å². The molecule has 4 aromatic rings. The summed E-state index contributed by atoms with van der Waals surface area (Å²) in [5.74, 6) is 0.224. The van der Waals surface area contributed by atoms with Gasteiger partial charge in [0.25, 0.3) is 15.9 Å². The van der Waals surface area contributed by atoms with E-state index in [-0.39, 0.29) is 33.6 Å². The van der Waals surface area contributed by atoms with Gasteiger partial charge in [-0.05, 0) is 53.2 Å². The van der Waals surface area contributed by atoms with Crippen molar-refractivity contribution in [2.24, 2.45) is 0 Å². The van der Waals surface area contributed by atoms with Crippen molar-refractivity contribution in [2.45, 2.75) is 4.90 Å². The van der Waals surface area contributed by atoms with Gasteiger partial charge in [0.2, 0.25) is 0 Å². The lowest BCUT2D eigenvalue weighted by Crippen LogP contribution is -2.21. The van der Waals surface area contributed by atoms with Crippen LogP contribution in [0.15, 0.2) is 89.8 Å². The fraction of sp³-hybridized carbons (Fsp3) is 0.0800. The van der Waals surface area contributed by atoms with E-state index in [1.807, 2.05) is 36.4 Å². The Hall–Kier alpha value is -3.75. The van der Waals surface area contributed by atoms with Gasteiger partial charge < -0.3 is 14.8 Å². The summed E-state index contributed by atoms with van der Waals surface area (Å²) >= 11 is 6.08. The second-order valence-electron chi connectivity index (χ2n) is 7.30. The number of sulfonamides is 1. The highest BCUT2D eigenvalue weighted by Crippen LogP contribution is 2.31. The molecule has 7 nitrogen and oxygen atoms in total. The molecule has 0 aliphatic carbocycles. The third-order valence-electron chi connectivity index (χ3n) is 4.95. The van der Waals surface area contributed by atoms with Crippen molar-refractivity contribution in [1.82, 2.24) is 0 Å². The molecule has 0 aromatic heterocycles. The molecule has 4 rings (SSSR count). The van der Waals surface area contributed by atoms with Gasteiger partial charge in [-0.3, -0.25) is 9.52 Å². The number of rotatable bonds is 8. The van der Waals surface area contributed by atoms with E-state index in [1.54, 1.807) is 36.4 Å². The average Bonchev–Trinajstić information content (AvgIpc) is 2.84. The highest BCUT2D eigenvalue weighted by atomic mass is 35.5. The highest BCUT2D eigenvalue weighted by Gasteiger charge is 2.22. The second kappa shape index (κ2) is 10.0. The van der Waals surface area contributed by atoms with E-state index in [0.29, 0.717) is 5.75 Å². The van der Waals surface area contributed by atoms with E-state index < -0.39 is 15.9 Å². The first kappa shape index (κ1) is 23.4. The van der Waals surface area contributed by atoms with E-state index in [9.17, 15) is 13.2 Å². The minimum Gasteiger partial charge on any atom is -0.495 e. The van der Waals surface area contributed by atoms with Gasteiger partial charge >= 0.3 is 0 Å². The van der Waals surface area contributed by atoms with Crippen molar-refractivity contribution in [3.05, 3.63) is 90.0 Å². The van der Waals surface area contributed by atoms with Crippen LogP contribution >= 0.6 is 11.6 Å². The zero-order chi connectivity index (χ0) is 24.1. The average molecular weight is 497 g/mol. The van der Waals surface area contributed by atoms with Gasteiger partial charge in [-0.2, -0.15) is 0 Å². The van der Waals surface area contributed by atoms with Gasteiger partial charge in [-0.25, -0.2) is 8.42 Å². The maximum Gasteiger partial charge on any atom is 0.265 e. The first-order valence-corrected chi connectivity index (χ1v) is 12.1. The van der Waals surface area contributed by atoms with Crippen molar-refractivity contribution in [2.75, 3.05) is 23.8 Å². The van der Waals surface area contributed by atoms with Crippen molar-refractivity contribution >= 4 is 49.7 Å². The lowest BCUT2D eigenvalue weighted by atomic mass is 10.1. The van der Waals surface area contributed by atoms with Crippen LogP contribution in [0.25, 0.3) is 10.8 Å². The zero-order valence-corrected chi connectivity index (χ0v) is 19.7. The van der Waals surface area contributed by atoms with E-state index in [4.69, 9.17) is 21.1 Å². The number of benzene rings is 4. The monoisotopic (exact) mass is 496 g/mol. The van der Waals surface area contributed by atoms with Crippen LogP contribution < -0.4 is 19.5 Å². The molecular weight excluding hydrogens is 476 g/mol. The molecule has 0 saturated heterocycles. The third-order valence-corrected chi connectivity index (χ3v) is 6.66. The largest absolute Gasteiger partial charge is 0.495 e. The molecule has 1 amide bonds. The highest BCUT2D eigenvalue weighted by molar-refractivity contribution is 7.92. The van der Waals surface area contributed by atoms with Crippen LogP contribution in [0.4, 0.5) is 11.4 Å². The van der Waals surface area contributed by atoms with E-state index >= 15 is 0 Å². The number of nitrogens with one attached hydrogen (secondary N) is 2. The van der Waals surface area contributed by atoms with Crippen molar-refractivity contribution < 1.29 is 22.7 Å². The SMILES string of the molecule is COc1ccc(NC(=O)COc2ccc3ccccc3c2)cc1S(=O)(=O)Nc1ccccc1Cl. The molecule has 0 unspecified atom stereocenters. The number of ether oxygens (including phenoxy) is 2. The first-order valence-electron chi connectivity index (χ1n) is 10.2. The molecule has 0 saturated carbocycles. The smallest absolute Gasteiger partial charge is 0.265 e. The standard InChI is InChI=1S/C25H21ClN2O5S/c1-32-23-13-11-19(15-24(23)34(30,31)28-22-9-5-4-8-21(22)26)27-25(29)16-33-20-12-10-17-6-2-3-7-18(17)14-20/h2-15,28H,16H2,1H3,(H,27,29). The summed E-state index contributed by atoms with van der Waals surface area (Å²) in [6.07, 6.45) is 0. The molecule has 0 aliphatic rings.